The van der Waals surface area contributed by atoms with Gasteiger partial charge in [0, 0.05) is 49.5 Å². The number of aromatic nitrogens is 4. The fraction of sp³-hybridized carbons (Fsp3) is 0.562. The van der Waals surface area contributed by atoms with Crippen LogP contribution < -0.4 is 4.74 Å². The van der Waals surface area contributed by atoms with Crippen LogP contribution in [0.15, 0.2) is 31.1 Å². The summed E-state index contributed by atoms with van der Waals surface area (Å²) in [4.78, 5) is 15.1. The van der Waals surface area contributed by atoms with Gasteiger partial charge in [0.25, 0.3) is 0 Å². The van der Waals surface area contributed by atoms with Crippen molar-refractivity contribution in [2.24, 2.45) is 0 Å². The number of nitrogens with zero attached hydrogens (tertiary/aromatic N) is 5. The van der Waals surface area contributed by atoms with E-state index in [0.29, 0.717) is 12.1 Å². The first-order chi connectivity index (χ1) is 10.8. The molecule has 0 bridgehead atoms. The summed E-state index contributed by atoms with van der Waals surface area (Å²) < 4.78 is 7.17. The van der Waals surface area contributed by atoms with Crippen molar-refractivity contribution in [2.45, 2.75) is 44.8 Å². The van der Waals surface area contributed by atoms with Crippen molar-refractivity contribution < 1.29 is 4.74 Å². The second-order valence-electron chi connectivity index (χ2n) is 5.79. The second kappa shape index (κ2) is 7.35. The van der Waals surface area contributed by atoms with Crippen molar-refractivity contribution in [3.05, 3.63) is 36.7 Å². The number of aryl methyl sites for hydroxylation is 1. The topological polar surface area (TPSA) is 56.1 Å². The maximum absolute atomic E-state index is 5.02. The molecule has 1 atom stereocenters. The Kier molecular flexibility index (Phi) is 5.00. The van der Waals surface area contributed by atoms with Crippen molar-refractivity contribution in [1.82, 2.24) is 24.4 Å². The number of hydrogen-bond acceptors (Lipinski definition) is 5. The van der Waals surface area contributed by atoms with Gasteiger partial charge in [-0.2, -0.15) is 0 Å². The zero-order chi connectivity index (χ0) is 15.2. The van der Waals surface area contributed by atoms with Gasteiger partial charge in [-0.1, -0.05) is 6.42 Å². The van der Waals surface area contributed by atoms with Gasteiger partial charge >= 0.3 is 6.01 Å². The third-order valence-corrected chi connectivity index (χ3v) is 4.28. The SMILES string of the molecule is COc1ncc(CN2CCCCC2CCn2ccnc2)cn1. The monoisotopic (exact) mass is 301 g/mol. The van der Waals surface area contributed by atoms with Crippen molar-refractivity contribution >= 4 is 0 Å². The summed E-state index contributed by atoms with van der Waals surface area (Å²) in [7, 11) is 1.59. The number of likely N-dealkylation sites (tertiary alicyclic amines) is 1. The molecule has 3 heterocycles. The Labute approximate surface area is 131 Å². The Hall–Kier alpha value is -1.95. The Morgan fingerprint density at radius 3 is 2.86 bits per heavy atom. The number of imidazole rings is 1. The molecule has 2 aromatic heterocycles. The Balaban J connectivity index is 1.58. The molecule has 0 N–H and O–H groups in total. The van der Waals surface area contributed by atoms with E-state index in [1.54, 1.807) is 7.11 Å². The van der Waals surface area contributed by atoms with E-state index in [1.807, 2.05) is 31.1 Å². The number of rotatable bonds is 6. The van der Waals surface area contributed by atoms with E-state index in [9.17, 15) is 0 Å². The van der Waals surface area contributed by atoms with E-state index in [2.05, 4.69) is 24.4 Å². The molecular weight excluding hydrogens is 278 g/mol. The van der Waals surface area contributed by atoms with E-state index < -0.39 is 0 Å². The zero-order valence-corrected chi connectivity index (χ0v) is 13.1. The van der Waals surface area contributed by atoms with Crippen molar-refractivity contribution in [1.29, 1.82) is 0 Å². The molecule has 118 valence electrons. The standard InChI is InChI=1S/C16H23N5O/c1-22-16-18-10-14(11-19-16)12-21-7-3-2-4-15(21)5-8-20-9-6-17-13-20/h6,9-11,13,15H,2-5,7-8,12H2,1H3. The molecule has 3 rings (SSSR count). The van der Waals surface area contributed by atoms with E-state index >= 15 is 0 Å². The summed E-state index contributed by atoms with van der Waals surface area (Å²) >= 11 is 0. The minimum absolute atomic E-state index is 0.430. The molecule has 0 saturated carbocycles. The summed E-state index contributed by atoms with van der Waals surface area (Å²) in [6, 6.07) is 1.05. The highest BCUT2D eigenvalue weighted by molar-refractivity contribution is 5.07. The highest BCUT2D eigenvalue weighted by atomic mass is 16.5. The van der Waals surface area contributed by atoms with Crippen molar-refractivity contribution in [2.75, 3.05) is 13.7 Å². The molecule has 1 aliphatic rings. The van der Waals surface area contributed by atoms with Crippen LogP contribution in [-0.4, -0.2) is 44.1 Å². The van der Waals surface area contributed by atoms with Crippen LogP contribution in [0.2, 0.25) is 0 Å². The molecule has 0 aliphatic carbocycles. The first kappa shape index (κ1) is 15.0. The summed E-state index contributed by atoms with van der Waals surface area (Å²) in [5, 5.41) is 0. The summed E-state index contributed by atoms with van der Waals surface area (Å²) in [5.74, 6) is 0. The Morgan fingerprint density at radius 2 is 2.14 bits per heavy atom. The third-order valence-electron chi connectivity index (χ3n) is 4.28. The maximum Gasteiger partial charge on any atom is 0.316 e. The summed E-state index contributed by atoms with van der Waals surface area (Å²) in [5.41, 5.74) is 1.15. The lowest BCUT2D eigenvalue weighted by Crippen LogP contribution is -2.39. The molecule has 2 aromatic rings. The predicted molar refractivity (Wildman–Crippen MR) is 83.5 cm³/mol. The smallest absolute Gasteiger partial charge is 0.316 e. The van der Waals surface area contributed by atoms with Gasteiger partial charge in [-0.05, 0) is 25.8 Å². The van der Waals surface area contributed by atoms with Gasteiger partial charge in [-0.25, -0.2) is 15.0 Å². The van der Waals surface area contributed by atoms with Crippen LogP contribution in [0, 0.1) is 0 Å². The van der Waals surface area contributed by atoms with Gasteiger partial charge in [0.15, 0.2) is 0 Å². The Bertz CT molecular complexity index is 554. The lowest BCUT2D eigenvalue weighted by molar-refractivity contribution is 0.128. The van der Waals surface area contributed by atoms with Gasteiger partial charge < -0.3 is 9.30 Å². The minimum Gasteiger partial charge on any atom is -0.467 e. The summed E-state index contributed by atoms with van der Waals surface area (Å²) in [6.07, 6.45) is 14.5. The molecule has 0 amide bonds. The Morgan fingerprint density at radius 1 is 1.27 bits per heavy atom. The van der Waals surface area contributed by atoms with Gasteiger partial charge in [-0.15, -0.1) is 0 Å². The van der Waals surface area contributed by atoms with Gasteiger partial charge in [-0.3, -0.25) is 4.90 Å². The molecule has 1 saturated heterocycles. The quantitative estimate of drug-likeness (QED) is 0.818. The van der Waals surface area contributed by atoms with Crippen LogP contribution in [0.25, 0.3) is 0 Å². The molecule has 1 aliphatic heterocycles. The first-order valence-electron chi connectivity index (χ1n) is 7.90. The molecule has 6 heteroatoms. The fourth-order valence-electron chi connectivity index (χ4n) is 3.08. The zero-order valence-electron chi connectivity index (χ0n) is 13.1. The maximum atomic E-state index is 5.02. The highest BCUT2D eigenvalue weighted by Gasteiger charge is 2.22. The number of ether oxygens (including phenoxy) is 1. The highest BCUT2D eigenvalue weighted by Crippen LogP contribution is 2.22. The van der Waals surface area contributed by atoms with Crippen LogP contribution in [-0.2, 0) is 13.1 Å². The first-order valence-corrected chi connectivity index (χ1v) is 7.90. The second-order valence-corrected chi connectivity index (χ2v) is 5.79. The van der Waals surface area contributed by atoms with Gasteiger partial charge in [0.1, 0.15) is 0 Å². The average molecular weight is 301 g/mol. The molecule has 6 nitrogen and oxygen atoms in total. The van der Waals surface area contributed by atoms with Gasteiger partial charge in [0.2, 0.25) is 0 Å². The lowest BCUT2D eigenvalue weighted by atomic mass is 9.99. The van der Waals surface area contributed by atoms with E-state index in [-0.39, 0.29) is 0 Å². The molecule has 0 aromatic carbocycles. The molecule has 22 heavy (non-hydrogen) atoms. The summed E-state index contributed by atoms with van der Waals surface area (Å²) in [6.45, 7) is 3.10. The normalized spacial score (nSPS) is 19.2. The van der Waals surface area contributed by atoms with E-state index in [4.69, 9.17) is 4.74 Å². The third kappa shape index (κ3) is 3.82. The van der Waals surface area contributed by atoms with Crippen LogP contribution in [0.4, 0.5) is 0 Å². The van der Waals surface area contributed by atoms with Crippen LogP contribution >= 0.6 is 0 Å². The van der Waals surface area contributed by atoms with E-state index in [1.165, 1.54) is 19.3 Å². The molecular formula is C16H23N5O. The average Bonchev–Trinajstić information content (AvgIpc) is 3.08. The fourth-order valence-corrected chi connectivity index (χ4v) is 3.08. The number of methoxy groups -OCH3 is 1. The predicted octanol–water partition coefficient (Wildman–Crippen LogP) is 2.13. The number of hydrogen-bond donors (Lipinski definition) is 0. The molecule has 1 unspecified atom stereocenters. The lowest BCUT2D eigenvalue weighted by Gasteiger charge is -2.35. The van der Waals surface area contributed by atoms with E-state index in [0.717, 1.165) is 31.6 Å². The molecule has 0 radical (unpaired) electrons. The van der Waals surface area contributed by atoms with Crippen LogP contribution in [0.1, 0.15) is 31.2 Å². The van der Waals surface area contributed by atoms with Crippen LogP contribution in [0.5, 0.6) is 6.01 Å². The largest absolute Gasteiger partial charge is 0.467 e. The number of piperidine rings is 1. The van der Waals surface area contributed by atoms with Crippen molar-refractivity contribution in [3.63, 3.8) is 0 Å². The molecule has 1 fully saturated rings. The van der Waals surface area contributed by atoms with Gasteiger partial charge in [0.05, 0.1) is 13.4 Å². The molecule has 0 spiro atoms. The van der Waals surface area contributed by atoms with Crippen LogP contribution in [0.3, 0.4) is 0 Å². The minimum atomic E-state index is 0.430. The van der Waals surface area contributed by atoms with Crippen molar-refractivity contribution in [3.8, 4) is 6.01 Å².